The SMILES string of the molecule is CCOCC(COc1ccc2ccccc2c1)O[C@H]1O[C@H](CO)[C@@H](O)[C@H](O)[C@@H]1O. The fraction of sp³-hybridized carbons (Fsp3) is 0.524. The van der Waals surface area contributed by atoms with Gasteiger partial charge in [0.15, 0.2) is 6.29 Å². The van der Waals surface area contributed by atoms with E-state index in [0.29, 0.717) is 12.4 Å². The van der Waals surface area contributed by atoms with Gasteiger partial charge in [-0.15, -0.1) is 0 Å². The van der Waals surface area contributed by atoms with E-state index in [1.807, 2.05) is 49.4 Å². The second kappa shape index (κ2) is 10.3. The zero-order chi connectivity index (χ0) is 20.8. The summed E-state index contributed by atoms with van der Waals surface area (Å²) in [6.45, 7) is 2.08. The number of rotatable bonds is 9. The molecule has 0 radical (unpaired) electrons. The molecule has 4 N–H and O–H groups in total. The topological polar surface area (TPSA) is 118 Å². The van der Waals surface area contributed by atoms with E-state index in [-0.39, 0.29) is 13.2 Å². The van der Waals surface area contributed by atoms with E-state index < -0.39 is 43.4 Å². The summed E-state index contributed by atoms with van der Waals surface area (Å²) in [5, 5.41) is 41.5. The maximum Gasteiger partial charge on any atom is 0.187 e. The van der Waals surface area contributed by atoms with Crippen LogP contribution in [0.5, 0.6) is 5.75 Å². The summed E-state index contributed by atoms with van der Waals surface area (Å²) < 4.78 is 22.4. The van der Waals surface area contributed by atoms with Gasteiger partial charge in [-0.1, -0.05) is 30.3 Å². The third-order valence-electron chi connectivity index (χ3n) is 4.84. The average Bonchev–Trinajstić information content (AvgIpc) is 2.75. The molecule has 2 aromatic carbocycles. The maximum absolute atomic E-state index is 10.2. The quantitative estimate of drug-likeness (QED) is 0.472. The molecule has 0 aliphatic carbocycles. The Hall–Kier alpha value is -1.78. The molecular formula is C21H28O8. The third-order valence-corrected chi connectivity index (χ3v) is 4.84. The van der Waals surface area contributed by atoms with E-state index in [1.54, 1.807) is 0 Å². The molecule has 2 aromatic rings. The number of aliphatic hydroxyl groups is 4. The Morgan fingerprint density at radius 3 is 2.45 bits per heavy atom. The highest BCUT2D eigenvalue weighted by Gasteiger charge is 2.44. The highest BCUT2D eigenvalue weighted by Crippen LogP contribution is 2.24. The summed E-state index contributed by atoms with van der Waals surface area (Å²) in [6, 6.07) is 13.7. The minimum atomic E-state index is -1.50. The van der Waals surface area contributed by atoms with Crippen LogP contribution in [-0.4, -0.2) is 83.7 Å². The molecule has 160 valence electrons. The van der Waals surface area contributed by atoms with Gasteiger partial charge < -0.3 is 39.4 Å². The molecule has 6 atom stereocenters. The van der Waals surface area contributed by atoms with Gasteiger partial charge in [0.1, 0.15) is 42.9 Å². The molecule has 1 heterocycles. The Morgan fingerprint density at radius 1 is 0.966 bits per heavy atom. The number of aliphatic hydroxyl groups excluding tert-OH is 4. The lowest BCUT2D eigenvalue weighted by Gasteiger charge is -2.40. The molecule has 0 spiro atoms. The zero-order valence-corrected chi connectivity index (χ0v) is 16.3. The predicted octanol–water partition coefficient (Wildman–Crippen LogP) is 0.440. The van der Waals surface area contributed by atoms with Gasteiger partial charge in [0.25, 0.3) is 0 Å². The zero-order valence-electron chi connectivity index (χ0n) is 16.3. The molecule has 0 bridgehead atoms. The molecule has 1 aliphatic heterocycles. The number of fused-ring (bicyclic) bond motifs is 1. The normalized spacial score (nSPS) is 28.4. The average molecular weight is 408 g/mol. The molecule has 3 rings (SSSR count). The van der Waals surface area contributed by atoms with Crippen LogP contribution in [0, 0.1) is 0 Å². The Bertz CT molecular complexity index is 767. The lowest BCUT2D eigenvalue weighted by atomic mass is 9.99. The minimum Gasteiger partial charge on any atom is -0.491 e. The first-order valence-corrected chi connectivity index (χ1v) is 9.68. The Balaban J connectivity index is 1.65. The van der Waals surface area contributed by atoms with Gasteiger partial charge in [0, 0.05) is 6.61 Å². The molecule has 8 heteroatoms. The van der Waals surface area contributed by atoms with E-state index in [4.69, 9.17) is 18.9 Å². The molecule has 1 aliphatic rings. The van der Waals surface area contributed by atoms with Crippen molar-refractivity contribution >= 4 is 10.8 Å². The monoisotopic (exact) mass is 408 g/mol. The summed E-state index contributed by atoms with van der Waals surface area (Å²) in [7, 11) is 0. The van der Waals surface area contributed by atoms with Crippen LogP contribution in [0.15, 0.2) is 42.5 Å². The van der Waals surface area contributed by atoms with Crippen molar-refractivity contribution in [1.29, 1.82) is 0 Å². The van der Waals surface area contributed by atoms with Crippen LogP contribution in [0.4, 0.5) is 0 Å². The smallest absolute Gasteiger partial charge is 0.187 e. The molecule has 29 heavy (non-hydrogen) atoms. The number of hydrogen-bond donors (Lipinski definition) is 4. The van der Waals surface area contributed by atoms with Gasteiger partial charge in [-0.05, 0) is 29.8 Å². The first-order chi connectivity index (χ1) is 14.0. The van der Waals surface area contributed by atoms with Crippen molar-refractivity contribution in [1.82, 2.24) is 0 Å². The van der Waals surface area contributed by atoms with Crippen molar-refractivity contribution in [2.24, 2.45) is 0 Å². The van der Waals surface area contributed by atoms with Crippen molar-refractivity contribution in [3.05, 3.63) is 42.5 Å². The summed E-state index contributed by atoms with van der Waals surface area (Å²) in [5.74, 6) is 0.655. The number of benzene rings is 2. The molecule has 1 unspecified atom stereocenters. The van der Waals surface area contributed by atoms with E-state index in [1.165, 1.54) is 0 Å². The summed E-state index contributed by atoms with van der Waals surface area (Å²) in [5.41, 5.74) is 0. The fourth-order valence-electron chi connectivity index (χ4n) is 3.19. The van der Waals surface area contributed by atoms with Gasteiger partial charge in [0.2, 0.25) is 0 Å². The molecule has 0 aromatic heterocycles. The van der Waals surface area contributed by atoms with Crippen LogP contribution in [0.3, 0.4) is 0 Å². The first kappa shape index (κ1) is 21.9. The molecule has 1 saturated heterocycles. The molecular weight excluding hydrogens is 380 g/mol. The van der Waals surface area contributed by atoms with E-state index in [2.05, 4.69) is 0 Å². The first-order valence-electron chi connectivity index (χ1n) is 9.68. The van der Waals surface area contributed by atoms with Gasteiger partial charge in [-0.2, -0.15) is 0 Å². The molecule has 1 fully saturated rings. The highest BCUT2D eigenvalue weighted by molar-refractivity contribution is 5.83. The van der Waals surface area contributed by atoms with Gasteiger partial charge in [0.05, 0.1) is 13.2 Å². The minimum absolute atomic E-state index is 0.118. The molecule has 0 amide bonds. The second-order valence-electron chi connectivity index (χ2n) is 6.93. The van der Waals surface area contributed by atoms with E-state index >= 15 is 0 Å². The van der Waals surface area contributed by atoms with E-state index in [9.17, 15) is 20.4 Å². The summed E-state index contributed by atoms with van der Waals surface area (Å²) in [6.07, 6.45) is -7.29. The van der Waals surface area contributed by atoms with Gasteiger partial charge >= 0.3 is 0 Å². The van der Waals surface area contributed by atoms with Gasteiger partial charge in [-0.25, -0.2) is 0 Å². The van der Waals surface area contributed by atoms with Crippen molar-refractivity contribution in [2.45, 2.75) is 43.7 Å². The highest BCUT2D eigenvalue weighted by atomic mass is 16.7. The van der Waals surface area contributed by atoms with Crippen LogP contribution in [-0.2, 0) is 14.2 Å². The van der Waals surface area contributed by atoms with Crippen molar-refractivity contribution < 1.29 is 39.4 Å². The maximum atomic E-state index is 10.2. The van der Waals surface area contributed by atoms with Crippen molar-refractivity contribution in [2.75, 3.05) is 26.4 Å². The Kier molecular flexibility index (Phi) is 7.79. The third kappa shape index (κ3) is 5.43. The standard InChI is InChI=1S/C21H28O8/c1-2-26-11-16(28-21-20(25)19(24)18(23)17(10-22)29-21)12-27-15-8-7-13-5-3-4-6-14(13)9-15/h3-9,16-25H,2,10-12H2,1H3/t16?,17-,18-,19+,20+,21+/m1/s1. The number of hydrogen-bond acceptors (Lipinski definition) is 8. The lowest BCUT2D eigenvalue weighted by molar-refractivity contribution is -0.315. The second-order valence-corrected chi connectivity index (χ2v) is 6.93. The van der Waals surface area contributed by atoms with Crippen molar-refractivity contribution in [3.8, 4) is 5.75 Å². The lowest BCUT2D eigenvalue weighted by Crippen LogP contribution is -2.60. The van der Waals surface area contributed by atoms with Gasteiger partial charge in [-0.3, -0.25) is 0 Å². The number of ether oxygens (including phenoxy) is 4. The predicted molar refractivity (Wildman–Crippen MR) is 105 cm³/mol. The van der Waals surface area contributed by atoms with Crippen LogP contribution in [0.2, 0.25) is 0 Å². The van der Waals surface area contributed by atoms with E-state index in [0.717, 1.165) is 10.8 Å². The molecule has 0 saturated carbocycles. The summed E-state index contributed by atoms with van der Waals surface area (Å²) in [4.78, 5) is 0. The molecule has 8 nitrogen and oxygen atoms in total. The van der Waals surface area contributed by atoms with Crippen molar-refractivity contribution in [3.63, 3.8) is 0 Å². The Morgan fingerprint density at radius 2 is 1.72 bits per heavy atom. The fourth-order valence-corrected chi connectivity index (χ4v) is 3.19. The van der Waals surface area contributed by atoms with Crippen LogP contribution < -0.4 is 4.74 Å². The largest absolute Gasteiger partial charge is 0.491 e. The Labute approximate surface area is 169 Å². The van der Waals surface area contributed by atoms with Crippen LogP contribution >= 0.6 is 0 Å². The summed E-state index contributed by atoms with van der Waals surface area (Å²) >= 11 is 0. The van der Waals surface area contributed by atoms with Crippen LogP contribution in [0.1, 0.15) is 6.92 Å². The van der Waals surface area contributed by atoms with Crippen LogP contribution in [0.25, 0.3) is 10.8 Å².